The Morgan fingerprint density at radius 2 is 1.88 bits per heavy atom. The van der Waals surface area contributed by atoms with Crippen LogP contribution in [0.25, 0.3) is 0 Å². The van der Waals surface area contributed by atoms with Gasteiger partial charge < -0.3 is 15.6 Å². The first kappa shape index (κ1) is 25.8. The smallest absolute Gasteiger partial charge is 0.327 e. The van der Waals surface area contributed by atoms with E-state index in [1.54, 1.807) is 0 Å². The van der Waals surface area contributed by atoms with Crippen LogP contribution in [-0.2, 0) is 32.8 Å². The number of thioether (sulfide) groups is 1. The fourth-order valence-electron chi connectivity index (χ4n) is 4.40. The second-order valence-electron chi connectivity index (χ2n) is 10.2. The van der Waals surface area contributed by atoms with Gasteiger partial charge in [-0.15, -0.1) is 11.3 Å². The number of hydrogen-bond acceptors (Lipinski definition) is 7. The highest BCUT2D eigenvalue weighted by Crippen LogP contribution is 2.46. The van der Waals surface area contributed by atoms with E-state index in [1.165, 1.54) is 23.1 Å². The number of anilines is 1. The molecule has 0 amide bonds. The normalized spacial score (nSPS) is 21.5. The molecule has 180 valence electrons. The van der Waals surface area contributed by atoms with E-state index in [9.17, 15) is 14.7 Å². The van der Waals surface area contributed by atoms with Crippen molar-refractivity contribution in [1.82, 2.24) is 0 Å². The van der Waals surface area contributed by atoms with Crippen molar-refractivity contribution in [1.29, 1.82) is 0 Å². The molecule has 5 nitrogen and oxygen atoms in total. The van der Waals surface area contributed by atoms with E-state index in [4.69, 9.17) is 10.5 Å². The summed E-state index contributed by atoms with van der Waals surface area (Å²) in [6.45, 7) is 12.2. The van der Waals surface area contributed by atoms with Gasteiger partial charge in [-0.1, -0.05) is 58.5 Å². The number of benzene rings is 1. The molecule has 2 heterocycles. The van der Waals surface area contributed by atoms with E-state index in [0.29, 0.717) is 18.5 Å². The molecule has 1 fully saturated rings. The van der Waals surface area contributed by atoms with Crippen LogP contribution in [-0.4, -0.2) is 27.7 Å². The van der Waals surface area contributed by atoms with E-state index >= 15 is 0 Å². The van der Waals surface area contributed by atoms with Crippen molar-refractivity contribution in [2.45, 2.75) is 87.9 Å². The van der Waals surface area contributed by atoms with Crippen LogP contribution in [0.1, 0.15) is 69.0 Å². The highest BCUT2D eigenvalue weighted by Gasteiger charge is 2.49. The highest BCUT2D eigenvalue weighted by molar-refractivity contribution is 8.03. The van der Waals surface area contributed by atoms with Gasteiger partial charge in [-0.25, -0.2) is 0 Å². The van der Waals surface area contributed by atoms with Gasteiger partial charge in [0.15, 0.2) is 11.0 Å². The van der Waals surface area contributed by atoms with Crippen LogP contribution in [0.4, 0.5) is 5.69 Å². The topological polar surface area (TPSA) is 89.6 Å². The monoisotopic (exact) mass is 489 g/mol. The lowest BCUT2D eigenvalue weighted by molar-refractivity contribution is -0.176. The molecule has 0 aliphatic carbocycles. The van der Waals surface area contributed by atoms with Gasteiger partial charge in [-0.05, 0) is 59.9 Å². The second-order valence-corrected chi connectivity index (χ2v) is 12.8. The number of nitrogens with two attached hydrogens (primary N) is 1. The fraction of sp³-hybridized carbons (Fsp3) is 0.538. The summed E-state index contributed by atoms with van der Waals surface area (Å²) in [6, 6.07) is 7.66. The maximum Gasteiger partial charge on any atom is 0.327 e. The van der Waals surface area contributed by atoms with Gasteiger partial charge in [0.2, 0.25) is 0 Å². The van der Waals surface area contributed by atoms with Crippen molar-refractivity contribution in [2.75, 3.05) is 5.73 Å². The number of hydrogen-bond donors (Lipinski definition) is 2. The Kier molecular flexibility index (Phi) is 7.66. The van der Waals surface area contributed by atoms with Gasteiger partial charge in [0.25, 0.3) is 0 Å². The van der Waals surface area contributed by atoms with Crippen molar-refractivity contribution in [3.05, 3.63) is 45.8 Å². The summed E-state index contributed by atoms with van der Waals surface area (Å²) in [7, 11) is 0. The van der Waals surface area contributed by atoms with Crippen molar-refractivity contribution in [3.63, 3.8) is 0 Å². The third kappa shape index (κ3) is 5.47. The summed E-state index contributed by atoms with van der Waals surface area (Å²) in [4.78, 5) is 27.5. The maximum atomic E-state index is 13.3. The average Bonchev–Trinajstić information content (AvgIpc) is 3.05. The molecule has 0 radical (unpaired) electrons. The quantitative estimate of drug-likeness (QED) is 0.306. The zero-order valence-corrected chi connectivity index (χ0v) is 22.0. The highest BCUT2D eigenvalue weighted by atomic mass is 32.2. The summed E-state index contributed by atoms with van der Waals surface area (Å²) in [5, 5.41) is 9.04. The van der Waals surface area contributed by atoms with Crippen LogP contribution in [0.3, 0.4) is 0 Å². The van der Waals surface area contributed by atoms with Crippen LogP contribution >= 0.6 is 23.1 Å². The van der Waals surface area contributed by atoms with E-state index in [-0.39, 0.29) is 30.1 Å². The van der Waals surface area contributed by atoms with Crippen LogP contribution < -0.4 is 5.73 Å². The zero-order valence-electron chi connectivity index (χ0n) is 20.4. The van der Waals surface area contributed by atoms with Gasteiger partial charge in [-0.3, -0.25) is 9.59 Å². The Labute approximate surface area is 205 Å². The van der Waals surface area contributed by atoms with E-state index in [0.717, 1.165) is 25.8 Å². The van der Waals surface area contributed by atoms with Gasteiger partial charge in [0, 0.05) is 17.0 Å². The van der Waals surface area contributed by atoms with Crippen LogP contribution in [0, 0.1) is 12.8 Å². The summed E-state index contributed by atoms with van der Waals surface area (Å²) in [5.41, 5.74) is 8.48. The molecule has 1 aromatic heterocycles. The minimum Gasteiger partial charge on any atom is -0.457 e. The van der Waals surface area contributed by atoms with Crippen LogP contribution in [0.5, 0.6) is 0 Å². The lowest BCUT2D eigenvalue weighted by atomic mass is 9.78. The molecule has 0 saturated carbocycles. The number of ketones is 1. The minimum atomic E-state index is -0.876. The number of nitrogen functional groups attached to an aromatic ring is 1. The molecule has 2 atom stereocenters. The second kappa shape index (κ2) is 9.80. The van der Waals surface area contributed by atoms with Crippen LogP contribution in [0.15, 0.2) is 28.5 Å². The molecule has 1 aromatic carbocycles. The standard InChI is InChI=1S/C26H35NO4S2/c1-15(2)26(12-11-17-7-9-18(27)10-8-17)13-20(29)22(23(30)31-26)33-24-21(25(4,5)6)19(14-28)16(3)32-24/h7-10,15,22,28H,11-14,27H2,1-6H3. The Hall–Kier alpha value is -1.83. The Bertz CT molecular complexity index is 1000. The Morgan fingerprint density at radius 1 is 1.24 bits per heavy atom. The van der Waals surface area contributed by atoms with Crippen molar-refractivity contribution in [2.24, 2.45) is 5.92 Å². The maximum absolute atomic E-state index is 13.3. The predicted octanol–water partition coefficient (Wildman–Crippen LogP) is 5.43. The summed E-state index contributed by atoms with van der Waals surface area (Å²) < 4.78 is 6.99. The molecule has 2 unspecified atom stereocenters. The lowest BCUT2D eigenvalue weighted by Gasteiger charge is -2.41. The van der Waals surface area contributed by atoms with Gasteiger partial charge in [-0.2, -0.15) is 0 Å². The number of esters is 1. The number of carbonyl (C=O) groups is 2. The Morgan fingerprint density at radius 3 is 2.39 bits per heavy atom. The third-order valence-electron chi connectivity index (χ3n) is 6.46. The number of ether oxygens (including phenoxy) is 1. The SMILES string of the molecule is Cc1sc(SC2C(=O)CC(CCc3ccc(N)cc3)(C(C)C)OC2=O)c(C(C)(C)C)c1CO. The summed E-state index contributed by atoms with van der Waals surface area (Å²) in [6.07, 6.45) is 1.50. The first-order valence-corrected chi connectivity index (χ1v) is 13.1. The number of aryl methyl sites for hydroxylation is 2. The van der Waals surface area contributed by atoms with E-state index in [1.807, 2.05) is 45.0 Å². The molecule has 0 spiro atoms. The third-order valence-corrected chi connectivity index (χ3v) is 9.05. The molecule has 7 heteroatoms. The molecular formula is C26H35NO4S2. The summed E-state index contributed by atoms with van der Waals surface area (Å²) >= 11 is 2.82. The first-order valence-electron chi connectivity index (χ1n) is 11.4. The number of rotatable bonds is 7. The predicted molar refractivity (Wildman–Crippen MR) is 136 cm³/mol. The van der Waals surface area contributed by atoms with Gasteiger partial charge in [0.1, 0.15) is 5.60 Å². The van der Waals surface area contributed by atoms with Gasteiger partial charge in [0.05, 0.1) is 10.8 Å². The average molecular weight is 490 g/mol. The van der Waals surface area contributed by atoms with Crippen molar-refractivity contribution in [3.8, 4) is 0 Å². The molecule has 3 N–H and O–H groups in total. The van der Waals surface area contributed by atoms with Crippen molar-refractivity contribution < 1.29 is 19.4 Å². The van der Waals surface area contributed by atoms with E-state index in [2.05, 4.69) is 20.8 Å². The Balaban J connectivity index is 1.82. The number of carbonyl (C=O) groups excluding carboxylic acids is 2. The lowest BCUT2D eigenvalue weighted by Crippen LogP contribution is -2.52. The number of Topliss-reactive ketones (excluding diaryl/α,β-unsaturated/α-hetero) is 1. The number of aliphatic hydroxyl groups is 1. The largest absolute Gasteiger partial charge is 0.457 e. The van der Waals surface area contributed by atoms with E-state index < -0.39 is 16.8 Å². The molecular weight excluding hydrogens is 454 g/mol. The molecule has 0 bridgehead atoms. The zero-order chi connectivity index (χ0) is 24.6. The number of aliphatic hydroxyl groups excluding tert-OH is 1. The molecule has 1 aliphatic rings. The molecule has 3 rings (SSSR count). The molecule has 33 heavy (non-hydrogen) atoms. The van der Waals surface area contributed by atoms with Crippen LogP contribution in [0.2, 0.25) is 0 Å². The van der Waals surface area contributed by atoms with Gasteiger partial charge >= 0.3 is 5.97 Å². The first-order chi connectivity index (χ1) is 15.4. The van der Waals surface area contributed by atoms with Crippen molar-refractivity contribution >= 4 is 40.5 Å². The summed E-state index contributed by atoms with van der Waals surface area (Å²) in [5.74, 6) is -0.530. The fourth-order valence-corrected chi connectivity index (χ4v) is 7.48. The minimum absolute atomic E-state index is 0.0141. The number of cyclic esters (lactones) is 1. The number of thiophene rings is 1. The molecule has 1 saturated heterocycles. The molecule has 1 aliphatic heterocycles. The molecule has 2 aromatic rings.